The predicted octanol–water partition coefficient (Wildman–Crippen LogP) is 2.94. The third-order valence-electron chi connectivity index (χ3n) is 3.38. The summed E-state index contributed by atoms with van der Waals surface area (Å²) < 4.78 is 18.6. The molecule has 0 amide bonds. The monoisotopic (exact) mass is 261 g/mol. The van der Waals surface area contributed by atoms with Gasteiger partial charge in [0, 0.05) is 31.6 Å². The lowest BCUT2D eigenvalue weighted by molar-refractivity contribution is 0.0427. The van der Waals surface area contributed by atoms with E-state index in [1.165, 1.54) is 0 Å². The minimum absolute atomic E-state index is 0.184. The fourth-order valence-electron chi connectivity index (χ4n) is 2.30. The van der Waals surface area contributed by atoms with Gasteiger partial charge < -0.3 is 14.6 Å². The van der Waals surface area contributed by atoms with Crippen LogP contribution in [0.5, 0.6) is 0 Å². The molecule has 1 unspecified atom stereocenters. The van der Waals surface area contributed by atoms with Gasteiger partial charge in [0.25, 0.3) is 0 Å². The topological polar surface area (TPSA) is 38.3 Å². The first kappa shape index (κ1) is 15.2. The van der Waals surface area contributed by atoms with E-state index in [1.54, 1.807) is 0 Å². The summed E-state index contributed by atoms with van der Waals surface area (Å²) in [6.45, 7) is 6.92. The lowest BCUT2D eigenvalue weighted by Gasteiger charge is -2.28. The Labute approximate surface area is 106 Å². The van der Waals surface area contributed by atoms with Crippen LogP contribution in [0.4, 0.5) is 0 Å². The molecular formula is C13H28NO2P. The van der Waals surface area contributed by atoms with Crippen LogP contribution in [0.15, 0.2) is 0 Å². The summed E-state index contributed by atoms with van der Waals surface area (Å²) in [6.07, 6.45) is 7.29. The summed E-state index contributed by atoms with van der Waals surface area (Å²) in [5, 5.41) is 3.32. The Morgan fingerprint density at radius 1 is 1.24 bits per heavy atom. The molecule has 1 fully saturated rings. The first-order valence-electron chi connectivity index (χ1n) is 7.09. The number of nitrogens with one attached hydrogen (secondary N) is 1. The van der Waals surface area contributed by atoms with Crippen LogP contribution in [-0.2, 0) is 9.30 Å². The van der Waals surface area contributed by atoms with Crippen molar-refractivity contribution in [1.82, 2.24) is 5.32 Å². The summed E-state index contributed by atoms with van der Waals surface area (Å²) in [5.74, 6) is 0. The second kappa shape index (κ2) is 8.29. The summed E-state index contributed by atoms with van der Waals surface area (Å²) in [5.41, 5.74) is 0. The van der Waals surface area contributed by atoms with Gasteiger partial charge in [-0.15, -0.1) is 0 Å². The van der Waals surface area contributed by atoms with E-state index in [4.69, 9.17) is 4.74 Å². The number of hydrogen-bond acceptors (Lipinski definition) is 3. The first-order valence-corrected chi connectivity index (χ1v) is 9.36. The SMILES string of the molecule is CCCCP(=O)(CCCC)CC1CNCCO1. The molecule has 1 aliphatic rings. The normalized spacial score (nSPS) is 21.6. The molecule has 1 N–H and O–H groups in total. The molecule has 0 spiro atoms. The number of ether oxygens (including phenoxy) is 1. The Kier molecular flexibility index (Phi) is 7.41. The van der Waals surface area contributed by atoms with Crippen LogP contribution in [0.3, 0.4) is 0 Å². The number of hydrogen-bond donors (Lipinski definition) is 1. The summed E-state index contributed by atoms with van der Waals surface area (Å²) in [7, 11) is -1.99. The van der Waals surface area contributed by atoms with Gasteiger partial charge in [-0.05, 0) is 12.8 Å². The second-order valence-corrected chi connectivity index (χ2v) is 8.47. The van der Waals surface area contributed by atoms with E-state index in [1.807, 2.05) is 0 Å². The highest BCUT2D eigenvalue weighted by atomic mass is 31.2. The molecule has 0 aliphatic carbocycles. The minimum atomic E-state index is -1.99. The maximum atomic E-state index is 12.9. The van der Waals surface area contributed by atoms with Crippen LogP contribution in [0.25, 0.3) is 0 Å². The van der Waals surface area contributed by atoms with E-state index in [0.29, 0.717) is 0 Å². The Balaban J connectivity index is 2.45. The van der Waals surface area contributed by atoms with Crippen molar-refractivity contribution in [1.29, 1.82) is 0 Å². The summed E-state index contributed by atoms with van der Waals surface area (Å²) in [6, 6.07) is 0. The van der Waals surface area contributed by atoms with Crippen molar-refractivity contribution in [2.24, 2.45) is 0 Å². The van der Waals surface area contributed by atoms with Crippen molar-refractivity contribution in [3.8, 4) is 0 Å². The quantitative estimate of drug-likeness (QED) is 0.683. The van der Waals surface area contributed by atoms with Crippen molar-refractivity contribution in [3.63, 3.8) is 0 Å². The van der Waals surface area contributed by atoms with Crippen molar-refractivity contribution < 1.29 is 9.30 Å². The molecule has 1 aliphatic heterocycles. The van der Waals surface area contributed by atoms with Crippen molar-refractivity contribution in [2.45, 2.75) is 45.6 Å². The number of rotatable bonds is 8. The van der Waals surface area contributed by atoms with Crippen molar-refractivity contribution >= 4 is 7.14 Å². The van der Waals surface area contributed by atoms with Gasteiger partial charge in [-0.25, -0.2) is 0 Å². The van der Waals surface area contributed by atoms with Crippen LogP contribution in [0.1, 0.15) is 39.5 Å². The zero-order chi connectivity index (χ0) is 12.6. The minimum Gasteiger partial charge on any atom is -0.375 e. The average Bonchev–Trinajstić information content (AvgIpc) is 2.35. The smallest absolute Gasteiger partial charge is 0.0903 e. The van der Waals surface area contributed by atoms with E-state index in [-0.39, 0.29) is 6.10 Å². The second-order valence-electron chi connectivity index (χ2n) is 5.09. The third-order valence-corrected chi connectivity index (χ3v) is 6.71. The molecule has 1 heterocycles. The van der Waals surface area contributed by atoms with E-state index < -0.39 is 7.14 Å². The van der Waals surface area contributed by atoms with Gasteiger partial charge in [0.1, 0.15) is 0 Å². The lowest BCUT2D eigenvalue weighted by atomic mass is 10.3. The van der Waals surface area contributed by atoms with Crippen LogP contribution in [0.2, 0.25) is 0 Å². The Bertz CT molecular complexity index is 228. The zero-order valence-corrected chi connectivity index (χ0v) is 12.3. The van der Waals surface area contributed by atoms with Crippen LogP contribution >= 0.6 is 7.14 Å². The molecule has 0 aromatic carbocycles. The van der Waals surface area contributed by atoms with E-state index in [0.717, 1.165) is 63.9 Å². The molecular weight excluding hydrogens is 233 g/mol. The average molecular weight is 261 g/mol. The molecule has 1 saturated heterocycles. The van der Waals surface area contributed by atoms with Crippen molar-refractivity contribution in [3.05, 3.63) is 0 Å². The van der Waals surface area contributed by atoms with E-state index >= 15 is 0 Å². The lowest BCUT2D eigenvalue weighted by Crippen LogP contribution is -2.40. The molecule has 0 bridgehead atoms. The van der Waals surface area contributed by atoms with Gasteiger partial charge in [0.05, 0.1) is 19.9 Å². The third kappa shape index (κ3) is 6.03. The van der Waals surface area contributed by atoms with Crippen LogP contribution in [0, 0.1) is 0 Å². The molecule has 0 aromatic heterocycles. The molecule has 4 heteroatoms. The molecule has 0 saturated carbocycles. The van der Waals surface area contributed by atoms with Gasteiger partial charge >= 0.3 is 0 Å². The van der Waals surface area contributed by atoms with Gasteiger partial charge in [-0.1, -0.05) is 26.7 Å². The standard InChI is InChI=1S/C13H28NO2P/c1-3-5-9-17(15,10-6-4-2)12-13-11-14-7-8-16-13/h13-14H,3-12H2,1-2H3. The van der Waals surface area contributed by atoms with E-state index in [9.17, 15) is 4.57 Å². The van der Waals surface area contributed by atoms with Crippen LogP contribution < -0.4 is 5.32 Å². The number of morpholine rings is 1. The maximum absolute atomic E-state index is 12.9. The molecule has 17 heavy (non-hydrogen) atoms. The highest BCUT2D eigenvalue weighted by molar-refractivity contribution is 7.63. The van der Waals surface area contributed by atoms with Gasteiger partial charge in [0.15, 0.2) is 0 Å². The number of unbranched alkanes of at least 4 members (excludes halogenated alkanes) is 2. The molecule has 0 aromatic rings. The zero-order valence-electron chi connectivity index (χ0n) is 11.4. The summed E-state index contributed by atoms with van der Waals surface area (Å²) >= 11 is 0. The van der Waals surface area contributed by atoms with Crippen LogP contribution in [-0.4, -0.2) is 44.3 Å². The fraction of sp³-hybridized carbons (Fsp3) is 1.00. The Morgan fingerprint density at radius 2 is 1.88 bits per heavy atom. The predicted molar refractivity (Wildman–Crippen MR) is 74.6 cm³/mol. The van der Waals surface area contributed by atoms with Gasteiger partial charge in [-0.3, -0.25) is 0 Å². The molecule has 3 nitrogen and oxygen atoms in total. The fourth-order valence-corrected chi connectivity index (χ4v) is 5.65. The van der Waals surface area contributed by atoms with Gasteiger partial charge in [0.2, 0.25) is 0 Å². The highest BCUT2D eigenvalue weighted by Gasteiger charge is 2.27. The first-order chi connectivity index (χ1) is 8.20. The molecule has 0 radical (unpaired) electrons. The maximum Gasteiger partial charge on any atom is 0.0903 e. The van der Waals surface area contributed by atoms with E-state index in [2.05, 4.69) is 19.2 Å². The van der Waals surface area contributed by atoms with Gasteiger partial charge in [-0.2, -0.15) is 0 Å². The molecule has 1 rings (SSSR count). The largest absolute Gasteiger partial charge is 0.375 e. The molecule has 1 atom stereocenters. The summed E-state index contributed by atoms with van der Waals surface area (Å²) in [4.78, 5) is 0. The Hall–Kier alpha value is 0.150. The van der Waals surface area contributed by atoms with Crippen molar-refractivity contribution in [2.75, 3.05) is 38.2 Å². The molecule has 102 valence electrons. The highest BCUT2D eigenvalue weighted by Crippen LogP contribution is 2.48. The Morgan fingerprint density at radius 3 is 2.35 bits per heavy atom.